The van der Waals surface area contributed by atoms with Crippen molar-refractivity contribution in [2.75, 3.05) is 44.2 Å². The maximum Gasteiger partial charge on any atom is 0.410 e. The zero-order valence-corrected chi connectivity index (χ0v) is 29.1. The molecule has 0 saturated carbocycles. The minimum Gasteiger partial charge on any atom is -0.496 e. The molecule has 0 saturated heterocycles. The number of rotatable bonds is 10. The number of hydrogen-bond donors (Lipinski definition) is 2. The van der Waals surface area contributed by atoms with Crippen LogP contribution in [0.3, 0.4) is 0 Å². The fourth-order valence-corrected chi connectivity index (χ4v) is 5.57. The molecule has 0 aromatic heterocycles. The van der Waals surface area contributed by atoms with Gasteiger partial charge in [0.1, 0.15) is 23.4 Å². The molecule has 262 valence electrons. The summed E-state index contributed by atoms with van der Waals surface area (Å²) in [6.07, 6.45) is -0.129. The van der Waals surface area contributed by atoms with Crippen LogP contribution in [0.5, 0.6) is 5.75 Å². The van der Waals surface area contributed by atoms with Gasteiger partial charge in [0.25, 0.3) is 5.91 Å². The van der Waals surface area contributed by atoms with Crippen LogP contribution < -0.4 is 25.6 Å². The van der Waals surface area contributed by atoms with Crippen LogP contribution in [0.4, 0.5) is 16.2 Å². The predicted octanol–water partition coefficient (Wildman–Crippen LogP) is 3.99. The Labute approximate surface area is 286 Å². The summed E-state index contributed by atoms with van der Waals surface area (Å²) in [5.74, 6) is -1.33. The number of fused-ring (bicyclic) bond motifs is 2. The number of likely N-dealkylation sites (N-methyl/N-ethyl adjacent to an activating group) is 1. The Bertz CT molecular complexity index is 1740. The summed E-state index contributed by atoms with van der Waals surface area (Å²) < 4.78 is 16.1. The van der Waals surface area contributed by atoms with Gasteiger partial charge in [-0.1, -0.05) is 24.3 Å². The van der Waals surface area contributed by atoms with Crippen molar-refractivity contribution in [2.45, 2.75) is 64.8 Å². The largest absolute Gasteiger partial charge is 0.496 e. The molecule has 13 heteroatoms. The molecule has 0 bridgehead atoms. The van der Waals surface area contributed by atoms with Crippen LogP contribution in [0.2, 0.25) is 0 Å². The lowest BCUT2D eigenvalue weighted by molar-refractivity contribution is -0.130. The Kier molecular flexibility index (Phi) is 11.5. The van der Waals surface area contributed by atoms with Crippen molar-refractivity contribution in [3.63, 3.8) is 0 Å². The minimum atomic E-state index is -1.19. The standard InChI is InChI=1S/C36H45N5O8/c1-22(39(5)35(46)49-36(2,3)4)32(43)38-27-21-40(31(42)13-10-18-37)28-11-8-9-12-29(28)41(33(27)44)20-26-25-16-14-24(34(45)48-7)19-23(25)15-17-30(26)47-6/h8-9,11-12,14-17,19,22,27H,10,13,18,20-21,37H2,1-7H3,(H,38,43). The van der Waals surface area contributed by atoms with Crippen molar-refractivity contribution in [1.82, 2.24) is 10.2 Å². The normalized spacial score (nSPS) is 15.2. The van der Waals surface area contributed by atoms with E-state index in [2.05, 4.69) is 5.32 Å². The first-order valence-corrected chi connectivity index (χ1v) is 16.1. The van der Waals surface area contributed by atoms with Crippen LogP contribution in [0.25, 0.3) is 10.8 Å². The van der Waals surface area contributed by atoms with E-state index in [1.54, 1.807) is 69.3 Å². The van der Waals surface area contributed by atoms with E-state index in [0.717, 1.165) is 15.7 Å². The van der Waals surface area contributed by atoms with E-state index in [1.807, 2.05) is 6.07 Å². The van der Waals surface area contributed by atoms with E-state index in [0.29, 0.717) is 41.2 Å². The topological polar surface area (TPSA) is 161 Å². The highest BCUT2D eigenvalue weighted by molar-refractivity contribution is 6.09. The number of methoxy groups -OCH3 is 2. The molecular formula is C36H45N5O8. The molecule has 4 amide bonds. The molecule has 0 spiro atoms. The van der Waals surface area contributed by atoms with Gasteiger partial charge in [0, 0.05) is 19.0 Å². The van der Waals surface area contributed by atoms with Gasteiger partial charge in [-0.05, 0) is 81.8 Å². The molecule has 3 aromatic rings. The van der Waals surface area contributed by atoms with Gasteiger partial charge in [-0.15, -0.1) is 0 Å². The molecule has 0 aliphatic carbocycles. The first-order chi connectivity index (χ1) is 23.2. The predicted molar refractivity (Wildman–Crippen MR) is 186 cm³/mol. The Morgan fingerprint density at radius 3 is 2.37 bits per heavy atom. The Hall–Kier alpha value is -5.17. The first-order valence-electron chi connectivity index (χ1n) is 16.1. The fourth-order valence-electron chi connectivity index (χ4n) is 5.57. The summed E-state index contributed by atoms with van der Waals surface area (Å²) in [5, 5.41) is 4.26. The molecule has 3 aromatic carbocycles. The van der Waals surface area contributed by atoms with E-state index in [9.17, 15) is 24.0 Å². The summed E-state index contributed by atoms with van der Waals surface area (Å²) in [5.41, 5.74) is 6.88. The second kappa shape index (κ2) is 15.4. The quantitative estimate of drug-likeness (QED) is 0.303. The lowest BCUT2D eigenvalue weighted by atomic mass is 10.00. The molecule has 0 fully saturated rings. The molecule has 1 aliphatic rings. The van der Waals surface area contributed by atoms with Crippen molar-refractivity contribution in [1.29, 1.82) is 0 Å². The number of esters is 1. The highest BCUT2D eigenvalue weighted by Crippen LogP contribution is 2.37. The number of nitrogens with one attached hydrogen (secondary N) is 1. The molecule has 4 rings (SSSR count). The number of benzene rings is 3. The Morgan fingerprint density at radius 1 is 1.04 bits per heavy atom. The number of amides is 4. The second-order valence-corrected chi connectivity index (χ2v) is 12.8. The molecule has 1 aliphatic heterocycles. The molecule has 0 radical (unpaired) electrons. The van der Waals surface area contributed by atoms with Crippen LogP contribution in [0.1, 0.15) is 56.5 Å². The monoisotopic (exact) mass is 675 g/mol. The average molecular weight is 676 g/mol. The van der Waals surface area contributed by atoms with E-state index < -0.39 is 41.6 Å². The number of anilines is 2. The minimum absolute atomic E-state index is 0.00149. The van der Waals surface area contributed by atoms with Crippen molar-refractivity contribution in [2.24, 2.45) is 5.73 Å². The number of nitrogens with zero attached hydrogens (tertiary/aromatic N) is 3. The number of carbonyl (C=O) groups is 5. The Balaban J connectivity index is 1.79. The van der Waals surface area contributed by atoms with E-state index >= 15 is 0 Å². The molecule has 1 heterocycles. The van der Waals surface area contributed by atoms with Crippen LogP contribution in [-0.4, -0.2) is 86.7 Å². The summed E-state index contributed by atoms with van der Waals surface area (Å²) in [6.45, 7) is 6.84. The third-order valence-electron chi connectivity index (χ3n) is 8.29. The smallest absolute Gasteiger partial charge is 0.410 e. The molecular weight excluding hydrogens is 630 g/mol. The van der Waals surface area contributed by atoms with Gasteiger partial charge in [-0.25, -0.2) is 9.59 Å². The third kappa shape index (κ3) is 8.29. The zero-order valence-electron chi connectivity index (χ0n) is 29.1. The molecule has 3 N–H and O–H groups in total. The van der Waals surface area contributed by atoms with Gasteiger partial charge in [-0.3, -0.25) is 19.3 Å². The van der Waals surface area contributed by atoms with Crippen LogP contribution >= 0.6 is 0 Å². The third-order valence-corrected chi connectivity index (χ3v) is 8.29. The van der Waals surface area contributed by atoms with Crippen LogP contribution in [-0.2, 0) is 30.4 Å². The molecule has 49 heavy (non-hydrogen) atoms. The number of hydrogen-bond acceptors (Lipinski definition) is 9. The number of ether oxygens (including phenoxy) is 3. The van der Waals surface area contributed by atoms with Gasteiger partial charge in [0.15, 0.2) is 0 Å². The van der Waals surface area contributed by atoms with Gasteiger partial charge < -0.3 is 35.1 Å². The van der Waals surface area contributed by atoms with E-state index in [-0.39, 0.29) is 25.4 Å². The Morgan fingerprint density at radius 2 is 1.73 bits per heavy atom. The van der Waals surface area contributed by atoms with E-state index in [4.69, 9.17) is 19.9 Å². The highest BCUT2D eigenvalue weighted by Gasteiger charge is 2.38. The zero-order chi connectivity index (χ0) is 36.0. The molecule has 2 atom stereocenters. The summed E-state index contributed by atoms with van der Waals surface area (Å²) in [7, 11) is 4.27. The van der Waals surface area contributed by atoms with Crippen molar-refractivity contribution >= 4 is 51.9 Å². The average Bonchev–Trinajstić information content (AvgIpc) is 3.19. The molecule has 2 unspecified atom stereocenters. The lowest BCUT2D eigenvalue weighted by Crippen LogP contribution is -2.57. The molecule has 13 nitrogen and oxygen atoms in total. The summed E-state index contributed by atoms with van der Waals surface area (Å²) >= 11 is 0. The van der Waals surface area contributed by atoms with E-state index in [1.165, 1.54) is 38.0 Å². The van der Waals surface area contributed by atoms with Gasteiger partial charge in [0.2, 0.25) is 11.8 Å². The highest BCUT2D eigenvalue weighted by atomic mass is 16.6. The SMILES string of the molecule is COC(=O)c1ccc2c(CN3C(=O)C(NC(=O)C(C)N(C)C(=O)OC(C)(C)C)CN(C(=O)CCCN)c4ccccc43)c(OC)ccc2c1. The van der Waals surface area contributed by atoms with Gasteiger partial charge in [-0.2, -0.15) is 0 Å². The number of carbonyl (C=O) groups excluding carboxylic acids is 5. The van der Waals surface area contributed by atoms with Crippen LogP contribution in [0, 0.1) is 0 Å². The van der Waals surface area contributed by atoms with Crippen molar-refractivity contribution in [3.05, 3.63) is 65.7 Å². The number of nitrogens with two attached hydrogens (primary N) is 1. The van der Waals surface area contributed by atoms with Crippen molar-refractivity contribution < 1.29 is 38.2 Å². The number of para-hydroxylation sites is 2. The van der Waals surface area contributed by atoms with Crippen LogP contribution in [0.15, 0.2) is 54.6 Å². The second-order valence-electron chi connectivity index (χ2n) is 12.8. The maximum atomic E-state index is 14.6. The van der Waals surface area contributed by atoms with Gasteiger partial charge >= 0.3 is 12.1 Å². The first kappa shape index (κ1) is 36.7. The lowest BCUT2D eigenvalue weighted by Gasteiger charge is -2.30. The van der Waals surface area contributed by atoms with Gasteiger partial charge in [0.05, 0.1) is 44.2 Å². The summed E-state index contributed by atoms with van der Waals surface area (Å²) in [6, 6.07) is 13.5. The summed E-state index contributed by atoms with van der Waals surface area (Å²) in [4.78, 5) is 71.1. The van der Waals surface area contributed by atoms with Crippen molar-refractivity contribution in [3.8, 4) is 5.75 Å². The maximum absolute atomic E-state index is 14.6. The fraction of sp³-hybridized carbons (Fsp3) is 0.417.